The lowest BCUT2D eigenvalue weighted by Gasteiger charge is -2.57. The van der Waals surface area contributed by atoms with Crippen LogP contribution < -0.4 is 0 Å². The van der Waals surface area contributed by atoms with Gasteiger partial charge in [-0.15, -0.1) is 11.3 Å². The van der Waals surface area contributed by atoms with Gasteiger partial charge in [-0.2, -0.15) is 4.31 Å². The van der Waals surface area contributed by atoms with E-state index in [0.29, 0.717) is 17.3 Å². The van der Waals surface area contributed by atoms with Crippen LogP contribution in [0.5, 0.6) is 0 Å². The number of benzene rings is 1. The van der Waals surface area contributed by atoms with Gasteiger partial charge in [0.05, 0.1) is 6.61 Å². The van der Waals surface area contributed by atoms with Crippen molar-refractivity contribution in [3.8, 4) is 0 Å². The van der Waals surface area contributed by atoms with Crippen LogP contribution in [-0.4, -0.2) is 61.1 Å². The van der Waals surface area contributed by atoms with E-state index < -0.39 is 10.0 Å². The standard InChI is InChI=1S/C24H30N2O3S2/c27-17-22-24(20-11-9-19(10-12-20)18-6-1-2-7-18)21-16-25(13-3-4-14-26(21)22)31(28,29)23-8-5-15-30-23/h5-6,8-12,15,21-22,24,27H,1-4,7,13-14,16-17H2/t21-,22+,24+/m0/s1. The highest BCUT2D eigenvalue weighted by atomic mass is 32.2. The molecule has 166 valence electrons. The third-order valence-corrected chi connectivity index (χ3v) is 10.4. The molecule has 1 aliphatic carbocycles. The maximum Gasteiger partial charge on any atom is 0.252 e. The largest absolute Gasteiger partial charge is 0.395 e. The summed E-state index contributed by atoms with van der Waals surface area (Å²) in [5.74, 6) is 0.149. The predicted molar refractivity (Wildman–Crippen MR) is 125 cm³/mol. The van der Waals surface area contributed by atoms with Crippen LogP contribution in [0.25, 0.3) is 5.57 Å². The summed E-state index contributed by atoms with van der Waals surface area (Å²) in [6.07, 6.45) is 7.67. The molecule has 0 amide bonds. The predicted octanol–water partition coefficient (Wildman–Crippen LogP) is 3.93. The van der Waals surface area contributed by atoms with Crippen molar-refractivity contribution in [2.24, 2.45) is 0 Å². The molecule has 3 atom stereocenters. The molecule has 1 aromatic carbocycles. The molecule has 2 aliphatic heterocycles. The zero-order chi connectivity index (χ0) is 21.4. The number of nitrogens with zero attached hydrogens (tertiary/aromatic N) is 2. The van der Waals surface area contributed by atoms with E-state index in [1.807, 2.05) is 5.38 Å². The average Bonchev–Trinajstić information content (AvgIpc) is 3.47. The Balaban J connectivity index is 1.41. The van der Waals surface area contributed by atoms with Crippen molar-refractivity contribution in [2.75, 3.05) is 26.2 Å². The van der Waals surface area contributed by atoms with Crippen LogP contribution in [0.1, 0.15) is 49.1 Å². The second-order valence-corrected chi connectivity index (χ2v) is 11.9. The van der Waals surface area contributed by atoms with E-state index in [4.69, 9.17) is 0 Å². The normalized spacial score (nSPS) is 27.8. The molecule has 1 aromatic heterocycles. The molecule has 0 spiro atoms. The summed E-state index contributed by atoms with van der Waals surface area (Å²) in [7, 11) is -3.47. The Labute approximate surface area is 189 Å². The van der Waals surface area contributed by atoms with Crippen molar-refractivity contribution in [1.82, 2.24) is 9.21 Å². The van der Waals surface area contributed by atoms with E-state index in [1.54, 1.807) is 16.4 Å². The highest BCUT2D eigenvalue weighted by Gasteiger charge is 2.50. The third-order valence-electron chi connectivity index (χ3n) is 7.13. The molecule has 5 rings (SSSR count). The molecule has 2 saturated heterocycles. The summed E-state index contributed by atoms with van der Waals surface area (Å²) in [5.41, 5.74) is 3.92. The Morgan fingerprint density at radius 3 is 2.55 bits per heavy atom. The number of hydrogen-bond donors (Lipinski definition) is 1. The minimum absolute atomic E-state index is 0.0611. The van der Waals surface area contributed by atoms with Gasteiger partial charge in [-0.25, -0.2) is 8.42 Å². The van der Waals surface area contributed by atoms with Crippen LogP contribution in [0.4, 0.5) is 0 Å². The molecule has 0 saturated carbocycles. The Hall–Kier alpha value is -1.51. The van der Waals surface area contributed by atoms with Gasteiger partial charge < -0.3 is 5.11 Å². The van der Waals surface area contributed by atoms with Gasteiger partial charge >= 0.3 is 0 Å². The fraction of sp³-hybridized carbons (Fsp3) is 0.500. The topological polar surface area (TPSA) is 60.9 Å². The smallest absolute Gasteiger partial charge is 0.252 e. The van der Waals surface area contributed by atoms with Crippen LogP contribution in [-0.2, 0) is 10.0 Å². The van der Waals surface area contributed by atoms with Crippen molar-refractivity contribution in [3.63, 3.8) is 0 Å². The summed E-state index contributed by atoms with van der Waals surface area (Å²) in [6.45, 7) is 2.07. The third kappa shape index (κ3) is 3.91. The summed E-state index contributed by atoms with van der Waals surface area (Å²) >= 11 is 1.28. The summed E-state index contributed by atoms with van der Waals surface area (Å²) < 4.78 is 28.6. The highest BCUT2D eigenvalue weighted by Crippen LogP contribution is 2.43. The number of hydrogen-bond acceptors (Lipinski definition) is 5. The van der Waals surface area contributed by atoms with Crippen molar-refractivity contribution in [1.29, 1.82) is 0 Å². The zero-order valence-electron chi connectivity index (χ0n) is 17.7. The van der Waals surface area contributed by atoms with Crippen LogP contribution in [0, 0.1) is 0 Å². The first kappa shape index (κ1) is 21.3. The first-order valence-corrected chi connectivity index (χ1v) is 13.6. The molecule has 2 fully saturated rings. The molecular formula is C24H30N2O3S2. The first-order valence-electron chi connectivity index (χ1n) is 11.3. The number of rotatable bonds is 5. The molecule has 0 radical (unpaired) electrons. The maximum absolute atomic E-state index is 13.2. The summed E-state index contributed by atoms with van der Waals surface area (Å²) in [5, 5.41) is 12.0. The molecule has 3 aliphatic rings. The van der Waals surface area contributed by atoms with Crippen molar-refractivity contribution in [2.45, 2.75) is 54.3 Å². The van der Waals surface area contributed by atoms with Gasteiger partial charge in [0.25, 0.3) is 10.0 Å². The Kier molecular flexibility index (Phi) is 6.05. The minimum atomic E-state index is -3.47. The number of fused-ring (bicyclic) bond motifs is 1. The van der Waals surface area contributed by atoms with Gasteiger partial charge in [0.15, 0.2) is 0 Å². The van der Waals surface area contributed by atoms with E-state index in [2.05, 4.69) is 35.2 Å². The van der Waals surface area contributed by atoms with Gasteiger partial charge in [0.2, 0.25) is 0 Å². The average molecular weight is 459 g/mol. The van der Waals surface area contributed by atoms with Crippen LogP contribution in [0.15, 0.2) is 52.1 Å². The molecular weight excluding hydrogens is 428 g/mol. The highest BCUT2D eigenvalue weighted by molar-refractivity contribution is 7.91. The van der Waals surface area contributed by atoms with Crippen molar-refractivity contribution < 1.29 is 13.5 Å². The number of allylic oxidation sites excluding steroid dienone is 2. The van der Waals surface area contributed by atoms with E-state index in [-0.39, 0.29) is 24.6 Å². The van der Waals surface area contributed by atoms with Crippen LogP contribution in [0.2, 0.25) is 0 Å². The fourth-order valence-corrected chi connectivity index (χ4v) is 8.16. The Bertz CT molecular complexity index is 1030. The van der Waals surface area contributed by atoms with Crippen molar-refractivity contribution in [3.05, 3.63) is 59.0 Å². The SMILES string of the molecule is O=S(=O)(c1cccs1)N1CCCCN2[C@H](CO)[C@H](c3ccc(C4=CCCC4)cc3)[C@@H]2C1. The van der Waals surface area contributed by atoms with Gasteiger partial charge in [0.1, 0.15) is 4.21 Å². The molecule has 1 N–H and O–H groups in total. The Morgan fingerprint density at radius 1 is 1.06 bits per heavy atom. The molecule has 0 bridgehead atoms. The molecule has 31 heavy (non-hydrogen) atoms. The molecule has 3 heterocycles. The minimum Gasteiger partial charge on any atom is -0.395 e. The first-order chi connectivity index (χ1) is 15.1. The lowest BCUT2D eigenvalue weighted by molar-refractivity contribution is -0.0553. The molecule has 7 heteroatoms. The number of aliphatic hydroxyl groups is 1. The summed E-state index contributed by atoms with van der Waals surface area (Å²) in [6, 6.07) is 12.4. The molecule has 0 unspecified atom stereocenters. The molecule has 2 aromatic rings. The van der Waals surface area contributed by atoms with Gasteiger partial charge in [0, 0.05) is 31.1 Å². The number of thiophene rings is 1. The second-order valence-electron chi connectivity index (χ2n) is 8.83. The number of aliphatic hydroxyl groups excluding tert-OH is 1. The lowest BCUT2D eigenvalue weighted by Crippen LogP contribution is -2.67. The van der Waals surface area contributed by atoms with Crippen molar-refractivity contribution >= 4 is 26.9 Å². The lowest BCUT2D eigenvalue weighted by atomic mass is 9.74. The second kappa shape index (κ2) is 8.79. The van der Waals surface area contributed by atoms with E-state index in [0.717, 1.165) is 32.2 Å². The van der Waals surface area contributed by atoms with Gasteiger partial charge in [-0.3, -0.25) is 4.90 Å². The number of sulfonamides is 1. The van der Waals surface area contributed by atoms with E-state index in [1.165, 1.54) is 34.5 Å². The Morgan fingerprint density at radius 2 is 1.87 bits per heavy atom. The van der Waals surface area contributed by atoms with Crippen LogP contribution in [0.3, 0.4) is 0 Å². The summed E-state index contributed by atoms with van der Waals surface area (Å²) in [4.78, 5) is 2.33. The zero-order valence-corrected chi connectivity index (χ0v) is 19.3. The molecule has 5 nitrogen and oxygen atoms in total. The van der Waals surface area contributed by atoms with Gasteiger partial charge in [-0.05, 0) is 66.8 Å². The maximum atomic E-state index is 13.2. The van der Waals surface area contributed by atoms with E-state index in [9.17, 15) is 13.5 Å². The quantitative estimate of drug-likeness (QED) is 0.738. The fourth-order valence-electron chi connectivity index (χ4n) is 5.52. The monoisotopic (exact) mass is 458 g/mol. The van der Waals surface area contributed by atoms with E-state index >= 15 is 0 Å². The van der Waals surface area contributed by atoms with Crippen LogP contribution >= 0.6 is 11.3 Å². The van der Waals surface area contributed by atoms with Gasteiger partial charge in [-0.1, -0.05) is 36.4 Å².